The number of hydrogen-bond acceptors (Lipinski definition) is 8. The Kier molecular flexibility index (Phi) is 5.64. The fourth-order valence-electron chi connectivity index (χ4n) is 9.37. The lowest BCUT2D eigenvalue weighted by Crippen LogP contribution is -2.73. The third-order valence-electron chi connectivity index (χ3n) is 11.4. The Morgan fingerprint density at radius 2 is 2.00 bits per heavy atom. The molecule has 4 N–H and O–H groups in total. The van der Waals surface area contributed by atoms with Crippen molar-refractivity contribution in [3.05, 3.63) is 65.9 Å². The summed E-state index contributed by atoms with van der Waals surface area (Å²) < 4.78 is 13.4. The van der Waals surface area contributed by atoms with Crippen LogP contribution in [0.5, 0.6) is 0 Å². The molecule has 0 amide bonds. The van der Waals surface area contributed by atoms with E-state index in [-0.39, 0.29) is 24.0 Å². The van der Waals surface area contributed by atoms with E-state index < -0.39 is 52.9 Å². The second-order valence-corrected chi connectivity index (χ2v) is 12.8. The summed E-state index contributed by atoms with van der Waals surface area (Å²) >= 11 is 0. The maximum atomic E-state index is 13.8. The van der Waals surface area contributed by atoms with Crippen molar-refractivity contribution in [1.29, 1.82) is 0 Å². The molecule has 1 aromatic heterocycles. The molecule has 7 rings (SSSR count). The monoisotopic (exact) mass is 544 g/mol. The van der Waals surface area contributed by atoms with Crippen LogP contribution in [0, 0.1) is 22.7 Å². The summed E-state index contributed by atoms with van der Waals surface area (Å²) in [4.78, 5) is 30.6. The third kappa shape index (κ3) is 3.06. The first-order chi connectivity index (χ1) is 19.1. The molecule has 1 aliphatic heterocycles. The topological polar surface area (TPSA) is 132 Å². The fraction of sp³-hybridized carbons (Fsp3) is 0.531. The quantitative estimate of drug-likeness (QED) is 0.536. The van der Waals surface area contributed by atoms with Gasteiger partial charge in [-0.1, -0.05) is 43.7 Å². The Hall–Kier alpha value is -2.75. The number of nitrogens with zero attached hydrogens (tertiary/aromatic N) is 1. The lowest BCUT2D eigenvalue weighted by Gasteiger charge is -2.62. The van der Waals surface area contributed by atoms with Crippen molar-refractivity contribution in [2.45, 2.75) is 75.6 Å². The Balaban J connectivity index is 1.33. The highest BCUT2D eigenvalue weighted by Gasteiger charge is 2.77. The Morgan fingerprint density at radius 3 is 2.80 bits per heavy atom. The number of ketones is 2. The minimum absolute atomic E-state index is 0.0518. The molecule has 8 heteroatoms. The number of benzene rings is 1. The van der Waals surface area contributed by atoms with E-state index in [1.54, 1.807) is 18.3 Å². The molecule has 40 heavy (non-hydrogen) atoms. The van der Waals surface area contributed by atoms with Gasteiger partial charge in [-0.25, -0.2) is 0 Å². The molecule has 2 aromatic rings. The van der Waals surface area contributed by atoms with Crippen LogP contribution >= 0.6 is 0 Å². The molecule has 1 saturated heterocycles. The second kappa shape index (κ2) is 8.63. The number of fused-ring (bicyclic) bond motifs is 8. The van der Waals surface area contributed by atoms with Crippen LogP contribution in [0.2, 0.25) is 0 Å². The van der Waals surface area contributed by atoms with Crippen LogP contribution in [0.3, 0.4) is 0 Å². The van der Waals surface area contributed by atoms with Gasteiger partial charge in [0.05, 0.1) is 23.3 Å². The molecule has 5 aliphatic rings. The van der Waals surface area contributed by atoms with E-state index in [1.165, 1.54) is 0 Å². The van der Waals surface area contributed by atoms with Gasteiger partial charge in [0.25, 0.3) is 0 Å². The van der Waals surface area contributed by atoms with Crippen LogP contribution in [-0.4, -0.2) is 56.7 Å². The number of rotatable bonds is 3. The van der Waals surface area contributed by atoms with Gasteiger partial charge in [0.15, 0.2) is 23.5 Å². The molecule has 0 spiro atoms. The van der Waals surface area contributed by atoms with Crippen LogP contribution < -0.4 is 5.73 Å². The number of hydrogen-bond donors (Lipinski definition) is 3. The average molecular weight is 545 g/mol. The maximum absolute atomic E-state index is 13.8. The standard InChI is InChI=1S/C32H36N2O6/c1-29-12-10-19(36)14-18(29)6-5-8-22-23-15-27-32(26(38)17-35,30(23,2)16-25(37)31(22,29)33)40-28(39-27)21-11-13-34-24-9-4-3-7-20(21)24/h3-4,7,9-14,22-23,25,27-28,35,37H,5-6,8,15-17,33H2,1-2H3/t22?,23-,25?,27+,28?,29-,30?,31-,32+/m0/s1. The lowest BCUT2D eigenvalue weighted by atomic mass is 9.46. The van der Waals surface area contributed by atoms with E-state index in [4.69, 9.17) is 15.2 Å². The zero-order valence-electron chi connectivity index (χ0n) is 22.9. The smallest absolute Gasteiger partial charge is 0.193 e. The predicted molar refractivity (Wildman–Crippen MR) is 147 cm³/mol. The van der Waals surface area contributed by atoms with Gasteiger partial charge in [0.1, 0.15) is 6.61 Å². The summed E-state index contributed by atoms with van der Waals surface area (Å²) in [5.74, 6) is -0.734. The second-order valence-electron chi connectivity index (χ2n) is 12.8. The van der Waals surface area contributed by atoms with Crippen LogP contribution in [0.1, 0.15) is 57.8 Å². The molecule has 210 valence electrons. The SMILES string of the molecule is CC12CC(O)[C@@]3(N)C(CCCC4=CC(=O)C=C[C@@]43C)[C@@H]1C[C@H]1OC(c3ccnc4ccccc34)O[C@]12C(=O)CO. The number of pyridine rings is 1. The largest absolute Gasteiger partial charge is 0.391 e. The van der Waals surface area contributed by atoms with Crippen molar-refractivity contribution < 1.29 is 29.3 Å². The molecule has 2 heterocycles. The van der Waals surface area contributed by atoms with Gasteiger partial charge >= 0.3 is 0 Å². The van der Waals surface area contributed by atoms with E-state index in [0.29, 0.717) is 6.42 Å². The lowest BCUT2D eigenvalue weighted by molar-refractivity contribution is -0.201. The van der Waals surface area contributed by atoms with Crippen LogP contribution in [-0.2, 0) is 19.1 Å². The van der Waals surface area contributed by atoms with Crippen molar-refractivity contribution in [3.8, 4) is 0 Å². The molecule has 0 radical (unpaired) electrons. The van der Waals surface area contributed by atoms with Gasteiger partial charge in [-0.05, 0) is 68.2 Å². The van der Waals surface area contributed by atoms with Gasteiger partial charge in [-0.3, -0.25) is 14.6 Å². The van der Waals surface area contributed by atoms with Crippen molar-refractivity contribution in [3.63, 3.8) is 0 Å². The molecule has 4 aliphatic carbocycles. The summed E-state index contributed by atoms with van der Waals surface area (Å²) in [5.41, 5.74) is 5.89. The number of allylic oxidation sites excluding steroid dienone is 2. The first-order valence-electron chi connectivity index (χ1n) is 14.3. The molecule has 0 bridgehead atoms. The molecule has 4 unspecified atom stereocenters. The normalized spacial score (nSPS) is 43.9. The minimum Gasteiger partial charge on any atom is -0.391 e. The number of aliphatic hydroxyl groups excluding tert-OH is 2. The maximum Gasteiger partial charge on any atom is 0.193 e. The van der Waals surface area contributed by atoms with Gasteiger partial charge in [0.2, 0.25) is 0 Å². The first kappa shape index (κ1) is 26.2. The number of para-hydroxylation sites is 1. The highest BCUT2D eigenvalue weighted by molar-refractivity contribution is 6.01. The Bertz CT molecular complexity index is 1480. The van der Waals surface area contributed by atoms with Crippen molar-refractivity contribution >= 4 is 22.5 Å². The van der Waals surface area contributed by atoms with E-state index in [1.807, 2.05) is 50.3 Å². The fourth-order valence-corrected chi connectivity index (χ4v) is 9.37. The predicted octanol–water partition coefficient (Wildman–Crippen LogP) is 3.31. The number of Topliss-reactive ketones (excluding diaryl/α,β-unsaturated/α-hetero) is 1. The van der Waals surface area contributed by atoms with E-state index in [9.17, 15) is 19.8 Å². The van der Waals surface area contributed by atoms with Gasteiger partial charge in [0, 0.05) is 28.0 Å². The molecule has 9 atom stereocenters. The van der Waals surface area contributed by atoms with Gasteiger partial charge in [-0.15, -0.1) is 0 Å². The van der Waals surface area contributed by atoms with Crippen molar-refractivity contribution in [2.24, 2.45) is 28.4 Å². The molecule has 4 fully saturated rings. The van der Waals surface area contributed by atoms with Gasteiger partial charge in [-0.2, -0.15) is 0 Å². The summed E-state index contributed by atoms with van der Waals surface area (Å²) in [6, 6.07) is 9.57. The molecular weight excluding hydrogens is 508 g/mol. The number of nitrogens with two attached hydrogens (primary N) is 1. The van der Waals surface area contributed by atoms with E-state index in [0.717, 1.165) is 41.3 Å². The van der Waals surface area contributed by atoms with Crippen LogP contribution in [0.25, 0.3) is 10.9 Å². The van der Waals surface area contributed by atoms with E-state index >= 15 is 0 Å². The Morgan fingerprint density at radius 1 is 1.20 bits per heavy atom. The Labute approximate surface area is 233 Å². The van der Waals surface area contributed by atoms with Crippen LogP contribution in [0.4, 0.5) is 0 Å². The summed E-state index contributed by atoms with van der Waals surface area (Å²) in [6.45, 7) is 3.36. The number of carbonyl (C=O) groups is 2. The third-order valence-corrected chi connectivity index (χ3v) is 11.4. The first-order valence-corrected chi connectivity index (χ1v) is 14.3. The number of carbonyl (C=O) groups excluding carboxylic acids is 2. The highest BCUT2D eigenvalue weighted by Crippen LogP contribution is 2.70. The van der Waals surface area contributed by atoms with Crippen molar-refractivity contribution in [1.82, 2.24) is 4.98 Å². The van der Waals surface area contributed by atoms with Crippen LogP contribution in [0.15, 0.2) is 60.3 Å². The molecule has 3 saturated carbocycles. The number of aromatic nitrogens is 1. The summed E-state index contributed by atoms with van der Waals surface area (Å²) in [7, 11) is 0. The van der Waals surface area contributed by atoms with E-state index in [2.05, 4.69) is 4.98 Å². The average Bonchev–Trinajstić information content (AvgIpc) is 3.40. The zero-order valence-corrected chi connectivity index (χ0v) is 22.9. The van der Waals surface area contributed by atoms with Crippen molar-refractivity contribution in [2.75, 3.05) is 6.61 Å². The number of aliphatic hydroxyl groups is 2. The molecule has 1 aromatic carbocycles. The zero-order chi connectivity index (χ0) is 28.1. The molecule has 8 nitrogen and oxygen atoms in total. The van der Waals surface area contributed by atoms with Gasteiger partial charge < -0.3 is 25.4 Å². The minimum atomic E-state index is -1.44. The summed E-state index contributed by atoms with van der Waals surface area (Å²) in [5, 5.41) is 23.2. The highest BCUT2D eigenvalue weighted by atomic mass is 16.7. The molecular formula is C32H36N2O6. The summed E-state index contributed by atoms with van der Waals surface area (Å²) in [6.07, 6.45) is 7.48. The number of ether oxygens (including phenoxy) is 2.